The van der Waals surface area contributed by atoms with Crippen LogP contribution in [-0.2, 0) is 4.74 Å². The number of aromatic nitrogens is 2. The third-order valence-corrected chi connectivity index (χ3v) is 4.22. The van der Waals surface area contributed by atoms with Crippen molar-refractivity contribution in [2.75, 3.05) is 39.4 Å². The molecule has 2 fully saturated rings. The van der Waals surface area contributed by atoms with E-state index in [2.05, 4.69) is 9.97 Å². The SMILES string of the molecule is NC(=O)c1cnc(C2CCCN(C(=O)N3CCOCC3)C2)[nH]1. The lowest BCUT2D eigenvalue weighted by molar-refractivity contribution is 0.0407. The maximum atomic E-state index is 12.5. The van der Waals surface area contributed by atoms with Crippen molar-refractivity contribution in [2.45, 2.75) is 18.8 Å². The zero-order chi connectivity index (χ0) is 15.5. The Morgan fingerprint density at radius 2 is 2.05 bits per heavy atom. The number of imidazole rings is 1. The summed E-state index contributed by atoms with van der Waals surface area (Å²) in [4.78, 5) is 34.6. The number of nitrogens with zero attached hydrogens (tertiary/aromatic N) is 3. The number of morpholine rings is 1. The molecule has 0 spiro atoms. The number of aromatic amines is 1. The van der Waals surface area contributed by atoms with Crippen molar-refractivity contribution >= 4 is 11.9 Å². The van der Waals surface area contributed by atoms with Crippen molar-refractivity contribution in [3.63, 3.8) is 0 Å². The Labute approximate surface area is 128 Å². The molecule has 120 valence electrons. The molecule has 0 bridgehead atoms. The van der Waals surface area contributed by atoms with Crippen molar-refractivity contribution in [1.29, 1.82) is 0 Å². The largest absolute Gasteiger partial charge is 0.378 e. The molecule has 1 aromatic heterocycles. The van der Waals surface area contributed by atoms with Crippen LogP contribution in [-0.4, -0.2) is 71.1 Å². The number of urea groups is 1. The first-order valence-electron chi connectivity index (χ1n) is 7.61. The van der Waals surface area contributed by atoms with E-state index in [1.54, 1.807) is 0 Å². The lowest BCUT2D eigenvalue weighted by Gasteiger charge is -2.37. The Kier molecular flexibility index (Phi) is 4.28. The zero-order valence-electron chi connectivity index (χ0n) is 12.5. The molecule has 2 aliphatic heterocycles. The first-order valence-corrected chi connectivity index (χ1v) is 7.61. The van der Waals surface area contributed by atoms with Gasteiger partial charge in [0.2, 0.25) is 0 Å². The van der Waals surface area contributed by atoms with Gasteiger partial charge in [0.1, 0.15) is 11.5 Å². The minimum atomic E-state index is -0.518. The summed E-state index contributed by atoms with van der Waals surface area (Å²) < 4.78 is 5.28. The van der Waals surface area contributed by atoms with E-state index in [0.29, 0.717) is 38.5 Å². The third kappa shape index (κ3) is 3.06. The van der Waals surface area contributed by atoms with Crippen LogP contribution < -0.4 is 5.73 Å². The highest BCUT2D eigenvalue weighted by atomic mass is 16.5. The molecule has 2 aliphatic rings. The molecule has 8 heteroatoms. The van der Waals surface area contributed by atoms with Gasteiger partial charge in [-0.15, -0.1) is 0 Å². The molecular weight excluding hydrogens is 286 g/mol. The molecule has 0 aromatic carbocycles. The Balaban J connectivity index is 1.65. The number of ether oxygens (including phenoxy) is 1. The Morgan fingerprint density at radius 1 is 1.27 bits per heavy atom. The predicted octanol–water partition coefficient (Wildman–Crippen LogP) is 0.140. The molecular formula is C14H21N5O3. The molecule has 1 unspecified atom stereocenters. The van der Waals surface area contributed by atoms with E-state index in [1.807, 2.05) is 9.80 Å². The van der Waals surface area contributed by atoms with E-state index in [4.69, 9.17) is 10.5 Å². The molecule has 3 heterocycles. The van der Waals surface area contributed by atoms with Crippen molar-refractivity contribution < 1.29 is 14.3 Å². The van der Waals surface area contributed by atoms with E-state index < -0.39 is 5.91 Å². The molecule has 0 radical (unpaired) electrons. The third-order valence-electron chi connectivity index (χ3n) is 4.22. The summed E-state index contributed by atoms with van der Waals surface area (Å²) in [5, 5.41) is 0. The number of hydrogen-bond acceptors (Lipinski definition) is 4. The van der Waals surface area contributed by atoms with Gasteiger partial charge < -0.3 is 25.3 Å². The predicted molar refractivity (Wildman–Crippen MR) is 78.4 cm³/mol. The molecule has 8 nitrogen and oxygen atoms in total. The normalized spacial score (nSPS) is 22.6. The van der Waals surface area contributed by atoms with Gasteiger partial charge in [0.15, 0.2) is 0 Å². The minimum absolute atomic E-state index is 0.0645. The van der Waals surface area contributed by atoms with Gasteiger partial charge in [-0.05, 0) is 12.8 Å². The molecule has 2 saturated heterocycles. The van der Waals surface area contributed by atoms with E-state index in [-0.39, 0.29) is 11.9 Å². The van der Waals surface area contributed by atoms with E-state index in [0.717, 1.165) is 25.2 Å². The van der Waals surface area contributed by atoms with Crippen LogP contribution in [0, 0.1) is 0 Å². The van der Waals surface area contributed by atoms with Crippen molar-refractivity contribution in [2.24, 2.45) is 5.73 Å². The molecule has 1 aromatic rings. The van der Waals surface area contributed by atoms with Crippen LogP contribution in [0.4, 0.5) is 4.79 Å². The van der Waals surface area contributed by atoms with Crippen molar-refractivity contribution in [3.8, 4) is 0 Å². The number of nitrogens with two attached hydrogens (primary N) is 1. The van der Waals surface area contributed by atoms with Gasteiger partial charge in [-0.1, -0.05) is 0 Å². The van der Waals surface area contributed by atoms with Crippen LogP contribution in [0.15, 0.2) is 6.20 Å². The first-order chi connectivity index (χ1) is 10.6. The fraction of sp³-hybridized carbons (Fsp3) is 0.643. The van der Waals surface area contributed by atoms with Gasteiger partial charge in [-0.2, -0.15) is 0 Å². The number of H-pyrrole nitrogens is 1. The molecule has 1 atom stereocenters. The Hall–Kier alpha value is -2.09. The van der Waals surface area contributed by atoms with E-state index in [9.17, 15) is 9.59 Å². The zero-order valence-corrected chi connectivity index (χ0v) is 12.5. The fourth-order valence-corrected chi connectivity index (χ4v) is 3.00. The lowest BCUT2D eigenvalue weighted by atomic mass is 9.97. The monoisotopic (exact) mass is 307 g/mol. The van der Waals surface area contributed by atoms with Crippen LogP contribution in [0.3, 0.4) is 0 Å². The summed E-state index contributed by atoms with van der Waals surface area (Å²) in [5.74, 6) is 0.330. The summed E-state index contributed by atoms with van der Waals surface area (Å²) in [6.45, 7) is 3.86. The highest BCUT2D eigenvalue weighted by Crippen LogP contribution is 2.25. The van der Waals surface area contributed by atoms with Crippen LogP contribution in [0.5, 0.6) is 0 Å². The summed E-state index contributed by atoms with van der Waals surface area (Å²) in [7, 11) is 0. The molecule has 0 saturated carbocycles. The smallest absolute Gasteiger partial charge is 0.320 e. The second-order valence-corrected chi connectivity index (χ2v) is 5.71. The molecule has 3 N–H and O–H groups in total. The van der Waals surface area contributed by atoms with Gasteiger partial charge in [0.05, 0.1) is 19.4 Å². The lowest BCUT2D eigenvalue weighted by Crippen LogP contribution is -2.50. The number of nitrogens with one attached hydrogen (secondary N) is 1. The van der Waals surface area contributed by atoms with Crippen LogP contribution in [0.1, 0.15) is 35.1 Å². The summed E-state index contributed by atoms with van der Waals surface area (Å²) in [6, 6.07) is 0.0645. The maximum absolute atomic E-state index is 12.5. The van der Waals surface area contributed by atoms with Gasteiger partial charge in [0, 0.05) is 32.1 Å². The van der Waals surface area contributed by atoms with E-state index in [1.165, 1.54) is 6.20 Å². The minimum Gasteiger partial charge on any atom is -0.378 e. The number of piperidine rings is 1. The topological polar surface area (TPSA) is 105 Å². The Morgan fingerprint density at radius 3 is 2.73 bits per heavy atom. The molecule has 3 rings (SSSR count). The summed E-state index contributed by atoms with van der Waals surface area (Å²) in [5.41, 5.74) is 5.55. The highest BCUT2D eigenvalue weighted by Gasteiger charge is 2.30. The van der Waals surface area contributed by atoms with E-state index >= 15 is 0 Å². The second kappa shape index (κ2) is 6.35. The van der Waals surface area contributed by atoms with Crippen molar-refractivity contribution in [3.05, 3.63) is 17.7 Å². The van der Waals surface area contributed by atoms with Gasteiger partial charge in [0.25, 0.3) is 5.91 Å². The molecule has 0 aliphatic carbocycles. The van der Waals surface area contributed by atoms with Gasteiger partial charge in [-0.25, -0.2) is 9.78 Å². The number of primary amides is 1. The number of hydrogen-bond donors (Lipinski definition) is 2. The highest BCUT2D eigenvalue weighted by molar-refractivity contribution is 5.90. The van der Waals surface area contributed by atoms with Crippen LogP contribution in [0.2, 0.25) is 0 Å². The van der Waals surface area contributed by atoms with Crippen LogP contribution in [0.25, 0.3) is 0 Å². The fourth-order valence-electron chi connectivity index (χ4n) is 3.00. The second-order valence-electron chi connectivity index (χ2n) is 5.71. The molecule has 22 heavy (non-hydrogen) atoms. The number of likely N-dealkylation sites (tertiary alicyclic amines) is 1. The molecule has 3 amide bonds. The number of amides is 3. The number of rotatable bonds is 2. The van der Waals surface area contributed by atoms with Gasteiger partial charge >= 0.3 is 6.03 Å². The maximum Gasteiger partial charge on any atom is 0.320 e. The summed E-state index contributed by atoms with van der Waals surface area (Å²) in [6.07, 6.45) is 3.33. The van der Waals surface area contributed by atoms with Crippen LogP contribution >= 0.6 is 0 Å². The van der Waals surface area contributed by atoms with Gasteiger partial charge in [-0.3, -0.25) is 4.79 Å². The average molecular weight is 307 g/mol. The van der Waals surface area contributed by atoms with Crippen molar-refractivity contribution in [1.82, 2.24) is 19.8 Å². The Bertz CT molecular complexity index is 552. The first kappa shape index (κ1) is 14.8. The average Bonchev–Trinajstić information content (AvgIpc) is 3.05. The number of carbonyl (C=O) groups excluding carboxylic acids is 2. The summed E-state index contributed by atoms with van der Waals surface area (Å²) >= 11 is 0. The standard InChI is InChI=1S/C14H21N5O3/c15-12(20)11-8-16-13(17-11)10-2-1-3-19(9-10)14(21)18-4-6-22-7-5-18/h8,10H,1-7,9H2,(H2,15,20)(H,16,17). The number of carbonyl (C=O) groups is 2. The quantitative estimate of drug-likeness (QED) is 0.811.